The molecule has 0 aliphatic heterocycles. The highest BCUT2D eigenvalue weighted by molar-refractivity contribution is 7.87. The highest BCUT2D eigenvalue weighted by Gasteiger charge is 2.24. The maximum Gasteiger partial charge on any atom is 0.340 e. The monoisotopic (exact) mass is 505 g/mol. The zero-order valence-electron chi connectivity index (χ0n) is 18.6. The van der Waals surface area contributed by atoms with Crippen LogP contribution in [-0.4, -0.2) is 25.3 Å². The number of aryl methyl sites for hydroxylation is 1. The first-order valence-corrected chi connectivity index (χ1v) is 12.6. The molecule has 0 fully saturated rings. The fourth-order valence-electron chi connectivity index (χ4n) is 3.39. The highest BCUT2D eigenvalue weighted by atomic mass is 35.5. The van der Waals surface area contributed by atoms with Crippen molar-refractivity contribution in [1.82, 2.24) is 4.90 Å². The molecule has 0 N–H and O–H groups in total. The number of hydrogen-bond donors (Lipinski definition) is 0. The Bertz CT molecular complexity index is 1220. The summed E-state index contributed by atoms with van der Waals surface area (Å²) in [5.74, 6) is -0.00219. The van der Waals surface area contributed by atoms with Gasteiger partial charge in [-0.25, -0.2) is 0 Å². The van der Waals surface area contributed by atoms with Gasteiger partial charge in [0.25, 0.3) is 5.91 Å². The van der Waals surface area contributed by atoms with Gasteiger partial charge in [0.05, 0.1) is 15.6 Å². The summed E-state index contributed by atoms with van der Waals surface area (Å²) in [5, 5.41) is 0.508. The molecule has 33 heavy (non-hydrogen) atoms. The number of carbonyl (C=O) groups is 1. The van der Waals surface area contributed by atoms with Crippen LogP contribution in [0, 0.1) is 6.92 Å². The number of amides is 1. The number of nitrogens with zero attached hydrogens (tertiary/aromatic N) is 1. The number of halogens is 2. The molecule has 1 atom stereocenters. The van der Waals surface area contributed by atoms with E-state index in [1.165, 1.54) is 6.07 Å². The van der Waals surface area contributed by atoms with Crippen molar-refractivity contribution in [2.75, 3.05) is 0 Å². The zero-order chi connectivity index (χ0) is 24.2. The van der Waals surface area contributed by atoms with Gasteiger partial charge in [0.2, 0.25) is 0 Å². The van der Waals surface area contributed by atoms with Crippen molar-refractivity contribution in [2.24, 2.45) is 0 Å². The Morgan fingerprint density at radius 3 is 2.21 bits per heavy atom. The summed E-state index contributed by atoms with van der Waals surface area (Å²) in [4.78, 5) is 14.9. The molecule has 0 aliphatic carbocycles. The minimum absolute atomic E-state index is 0.0201. The van der Waals surface area contributed by atoms with Crippen LogP contribution in [0.1, 0.15) is 41.8 Å². The second-order valence-electron chi connectivity index (χ2n) is 7.74. The van der Waals surface area contributed by atoms with Gasteiger partial charge in [-0.2, -0.15) is 8.42 Å². The Balaban J connectivity index is 1.81. The van der Waals surface area contributed by atoms with Crippen LogP contribution in [-0.2, 0) is 16.7 Å². The van der Waals surface area contributed by atoms with Crippen LogP contribution < -0.4 is 4.18 Å². The van der Waals surface area contributed by atoms with E-state index >= 15 is 0 Å². The predicted molar refractivity (Wildman–Crippen MR) is 132 cm³/mol. The van der Waals surface area contributed by atoms with E-state index in [1.54, 1.807) is 72.5 Å². The average molecular weight is 506 g/mol. The molecule has 0 aromatic heterocycles. The van der Waals surface area contributed by atoms with Gasteiger partial charge >= 0.3 is 10.1 Å². The molecule has 0 radical (unpaired) electrons. The lowest BCUT2D eigenvalue weighted by molar-refractivity contribution is 0.0672. The van der Waals surface area contributed by atoms with Gasteiger partial charge in [-0.15, -0.1) is 0 Å². The summed E-state index contributed by atoms with van der Waals surface area (Å²) in [6.07, 6.45) is 0.771. The Morgan fingerprint density at radius 1 is 0.970 bits per heavy atom. The summed E-state index contributed by atoms with van der Waals surface area (Å²) in [5.41, 5.74) is 1.77. The van der Waals surface area contributed by atoms with Gasteiger partial charge in [-0.3, -0.25) is 4.79 Å². The molecule has 3 aromatic carbocycles. The SMILES string of the molecule is CC[C@@H](C)N(Cc1ccc(OS(=O)(=O)c2c(C)cccc2Cl)cc1)C(=O)c1ccccc1Cl. The molecule has 1 amide bonds. The summed E-state index contributed by atoms with van der Waals surface area (Å²) in [6, 6.07) is 18.4. The Kier molecular flexibility index (Phi) is 8.05. The largest absolute Gasteiger partial charge is 0.379 e. The quantitative estimate of drug-likeness (QED) is 0.327. The van der Waals surface area contributed by atoms with E-state index in [0.29, 0.717) is 22.7 Å². The lowest BCUT2D eigenvalue weighted by atomic mass is 10.1. The summed E-state index contributed by atoms with van der Waals surface area (Å²) in [6.45, 7) is 5.99. The van der Waals surface area contributed by atoms with Gasteiger partial charge in [0.1, 0.15) is 10.6 Å². The van der Waals surface area contributed by atoms with Gasteiger partial charge in [0.15, 0.2) is 0 Å². The minimum atomic E-state index is -4.09. The number of hydrogen-bond acceptors (Lipinski definition) is 4. The first-order chi connectivity index (χ1) is 15.6. The molecule has 5 nitrogen and oxygen atoms in total. The van der Waals surface area contributed by atoms with Crippen LogP contribution >= 0.6 is 23.2 Å². The van der Waals surface area contributed by atoms with Crippen LogP contribution in [0.4, 0.5) is 0 Å². The molecule has 3 rings (SSSR count). The van der Waals surface area contributed by atoms with E-state index in [0.717, 1.165) is 12.0 Å². The number of rotatable bonds is 8. The fourth-order valence-corrected chi connectivity index (χ4v) is 5.33. The maximum absolute atomic E-state index is 13.2. The van der Waals surface area contributed by atoms with Crippen molar-refractivity contribution in [3.8, 4) is 5.75 Å². The van der Waals surface area contributed by atoms with Crippen molar-refractivity contribution in [3.05, 3.63) is 93.5 Å². The van der Waals surface area contributed by atoms with Crippen LogP contribution in [0.25, 0.3) is 0 Å². The third-order valence-corrected chi connectivity index (χ3v) is 7.59. The van der Waals surface area contributed by atoms with Crippen LogP contribution in [0.15, 0.2) is 71.6 Å². The third-order valence-electron chi connectivity index (χ3n) is 5.38. The molecule has 0 spiro atoms. The van der Waals surface area contributed by atoms with Crippen molar-refractivity contribution in [3.63, 3.8) is 0 Å². The third kappa shape index (κ3) is 5.88. The van der Waals surface area contributed by atoms with Crippen LogP contribution in [0.5, 0.6) is 5.75 Å². The van der Waals surface area contributed by atoms with Gasteiger partial charge in [-0.1, -0.05) is 66.5 Å². The second-order valence-corrected chi connectivity index (χ2v) is 10.0. The van der Waals surface area contributed by atoms with Gasteiger partial charge in [-0.05, 0) is 61.7 Å². The van der Waals surface area contributed by atoms with E-state index in [9.17, 15) is 13.2 Å². The normalized spacial score (nSPS) is 12.3. The molecule has 0 aliphatic rings. The van der Waals surface area contributed by atoms with Gasteiger partial charge < -0.3 is 9.08 Å². The summed E-state index contributed by atoms with van der Waals surface area (Å²) in [7, 11) is -4.09. The van der Waals surface area contributed by atoms with Crippen molar-refractivity contribution < 1.29 is 17.4 Å². The summed E-state index contributed by atoms with van der Waals surface area (Å²) >= 11 is 12.3. The lowest BCUT2D eigenvalue weighted by Crippen LogP contribution is -2.37. The van der Waals surface area contributed by atoms with Crippen molar-refractivity contribution in [2.45, 2.75) is 44.7 Å². The molecule has 8 heteroatoms. The minimum Gasteiger partial charge on any atom is -0.379 e. The Labute approximate surface area is 205 Å². The predicted octanol–water partition coefficient (Wildman–Crippen LogP) is 6.51. The highest BCUT2D eigenvalue weighted by Crippen LogP contribution is 2.28. The molecular weight excluding hydrogens is 481 g/mol. The van der Waals surface area contributed by atoms with Gasteiger partial charge in [0, 0.05) is 12.6 Å². The average Bonchev–Trinajstić information content (AvgIpc) is 2.77. The molecular formula is C25H25Cl2NO4S. The van der Waals surface area contributed by atoms with E-state index in [-0.39, 0.29) is 27.6 Å². The van der Waals surface area contributed by atoms with Crippen LogP contribution in [0.3, 0.4) is 0 Å². The standard InChI is InChI=1S/C25H25Cl2NO4S/c1-4-18(3)28(25(29)21-9-5-6-10-22(21)26)16-19-12-14-20(15-13-19)32-33(30,31)24-17(2)8-7-11-23(24)27/h5-15,18H,4,16H2,1-3H3/t18-/m1/s1. The molecule has 0 heterocycles. The topological polar surface area (TPSA) is 63.7 Å². The fraction of sp³-hybridized carbons (Fsp3) is 0.240. The summed E-state index contributed by atoms with van der Waals surface area (Å²) < 4.78 is 30.8. The molecule has 3 aromatic rings. The number of carbonyl (C=O) groups excluding carboxylic acids is 1. The molecule has 0 unspecified atom stereocenters. The maximum atomic E-state index is 13.2. The zero-order valence-corrected chi connectivity index (χ0v) is 20.9. The van der Waals surface area contributed by atoms with E-state index in [1.807, 2.05) is 13.8 Å². The molecule has 0 saturated heterocycles. The first-order valence-electron chi connectivity index (χ1n) is 10.5. The molecule has 174 valence electrons. The van der Waals surface area contributed by atoms with E-state index < -0.39 is 10.1 Å². The Morgan fingerprint density at radius 2 is 1.61 bits per heavy atom. The first kappa shape index (κ1) is 25.1. The van der Waals surface area contributed by atoms with E-state index in [4.69, 9.17) is 27.4 Å². The van der Waals surface area contributed by atoms with Crippen LogP contribution in [0.2, 0.25) is 10.0 Å². The lowest BCUT2D eigenvalue weighted by Gasteiger charge is -2.29. The second kappa shape index (κ2) is 10.6. The Hall–Kier alpha value is -2.54. The van der Waals surface area contributed by atoms with Crippen molar-refractivity contribution >= 4 is 39.2 Å². The van der Waals surface area contributed by atoms with E-state index in [2.05, 4.69) is 0 Å². The number of benzene rings is 3. The molecule has 0 saturated carbocycles. The molecule has 0 bridgehead atoms. The van der Waals surface area contributed by atoms with Crippen molar-refractivity contribution in [1.29, 1.82) is 0 Å². The smallest absolute Gasteiger partial charge is 0.340 e.